The van der Waals surface area contributed by atoms with E-state index >= 15 is 0 Å². The monoisotopic (exact) mass is 737 g/mol. The molecule has 1 aliphatic rings. The molecule has 40 heavy (non-hydrogen) atoms. The van der Waals surface area contributed by atoms with Crippen LogP contribution in [0.1, 0.15) is 44.6 Å². The van der Waals surface area contributed by atoms with Gasteiger partial charge in [-0.15, -0.1) is 0 Å². The molecule has 3 aromatic rings. The van der Waals surface area contributed by atoms with Crippen molar-refractivity contribution >= 4 is 66.0 Å². The molecule has 0 bridgehead atoms. The first-order valence-electron chi connectivity index (χ1n) is 13.3. The van der Waals surface area contributed by atoms with E-state index in [0.29, 0.717) is 5.69 Å². The van der Waals surface area contributed by atoms with Crippen molar-refractivity contribution in [1.82, 2.24) is 10.2 Å². The molecule has 0 spiro atoms. The van der Waals surface area contributed by atoms with Gasteiger partial charge in [-0.05, 0) is 96.5 Å². The van der Waals surface area contributed by atoms with Crippen molar-refractivity contribution in [3.63, 3.8) is 0 Å². The van der Waals surface area contributed by atoms with Crippen LogP contribution in [0.15, 0.2) is 88.2 Å². The number of carbonyl (C=O) groups is 2. The minimum absolute atomic E-state index is 0.0869. The normalized spacial score (nSPS) is 14.8. The Hall–Kier alpha value is -2.44. The molecule has 0 radical (unpaired) electrons. The third-order valence-corrected chi connectivity index (χ3v) is 10.1. The lowest BCUT2D eigenvalue weighted by Crippen LogP contribution is -2.53. The van der Waals surface area contributed by atoms with Crippen LogP contribution in [0.4, 0.5) is 5.69 Å². The van der Waals surface area contributed by atoms with Crippen LogP contribution in [0.2, 0.25) is 0 Å². The maximum Gasteiger partial charge on any atom is 0.264 e. The molecule has 1 aliphatic carbocycles. The quantitative estimate of drug-likeness (QED) is 0.255. The van der Waals surface area contributed by atoms with E-state index in [9.17, 15) is 18.0 Å². The standard InChI is InChI=1S/C30H33BrIN3O4S/c1-22(30(37)33-26-8-4-2-5-9-26)34(20-23-12-14-24(31)15-13-23)29(36)21-35(27-18-16-25(32)17-19-27)40(38,39)28-10-6-3-7-11-28/h3,6-7,10-19,22,26H,2,4-5,8-9,20-21H2,1H3,(H,33,37)/t22-/m1/s1. The van der Waals surface area contributed by atoms with Crippen molar-refractivity contribution in [2.75, 3.05) is 10.8 Å². The first kappa shape index (κ1) is 30.5. The molecule has 0 aliphatic heterocycles. The van der Waals surface area contributed by atoms with Crippen molar-refractivity contribution in [3.8, 4) is 0 Å². The van der Waals surface area contributed by atoms with Crippen LogP contribution in [-0.4, -0.2) is 43.8 Å². The van der Waals surface area contributed by atoms with Crippen LogP contribution in [0.25, 0.3) is 0 Å². The summed E-state index contributed by atoms with van der Waals surface area (Å²) in [6, 6.07) is 21.9. The summed E-state index contributed by atoms with van der Waals surface area (Å²) in [5.74, 6) is -0.698. The van der Waals surface area contributed by atoms with Gasteiger partial charge < -0.3 is 10.2 Å². The van der Waals surface area contributed by atoms with Gasteiger partial charge in [-0.3, -0.25) is 13.9 Å². The SMILES string of the molecule is C[C@H](C(=O)NC1CCCCC1)N(Cc1ccc(Br)cc1)C(=O)CN(c1ccc(I)cc1)S(=O)(=O)c1ccccc1. The zero-order chi connectivity index (χ0) is 28.7. The Morgan fingerprint density at radius 3 is 2.20 bits per heavy atom. The molecule has 212 valence electrons. The Morgan fingerprint density at radius 2 is 1.57 bits per heavy atom. The summed E-state index contributed by atoms with van der Waals surface area (Å²) >= 11 is 5.59. The second-order valence-corrected chi connectivity index (χ2v) is 14.0. The molecule has 3 aromatic carbocycles. The minimum Gasteiger partial charge on any atom is -0.352 e. The maximum absolute atomic E-state index is 14.0. The molecule has 7 nitrogen and oxygen atoms in total. The van der Waals surface area contributed by atoms with Crippen LogP contribution in [0, 0.1) is 3.57 Å². The summed E-state index contributed by atoms with van der Waals surface area (Å²) < 4.78 is 30.6. The smallest absolute Gasteiger partial charge is 0.264 e. The van der Waals surface area contributed by atoms with Crippen LogP contribution in [-0.2, 0) is 26.2 Å². The first-order valence-corrected chi connectivity index (χ1v) is 16.6. The van der Waals surface area contributed by atoms with Crippen LogP contribution >= 0.6 is 38.5 Å². The number of halogens is 2. The number of hydrogen-bond acceptors (Lipinski definition) is 4. The highest BCUT2D eigenvalue weighted by Crippen LogP contribution is 2.26. The summed E-state index contributed by atoms with van der Waals surface area (Å²) in [6.07, 6.45) is 5.16. The molecule has 0 saturated heterocycles. The fourth-order valence-corrected chi connectivity index (χ4v) is 6.85. The lowest BCUT2D eigenvalue weighted by Gasteiger charge is -2.33. The predicted molar refractivity (Wildman–Crippen MR) is 169 cm³/mol. The number of amides is 2. The van der Waals surface area contributed by atoms with Crippen LogP contribution < -0.4 is 9.62 Å². The molecular formula is C30H33BrIN3O4S. The van der Waals surface area contributed by atoms with Crippen molar-refractivity contribution in [2.45, 2.75) is 62.6 Å². The van der Waals surface area contributed by atoms with Crippen molar-refractivity contribution in [3.05, 3.63) is 92.5 Å². The van der Waals surface area contributed by atoms with E-state index in [1.165, 1.54) is 23.5 Å². The van der Waals surface area contributed by atoms with E-state index in [-0.39, 0.29) is 23.4 Å². The number of nitrogens with one attached hydrogen (secondary N) is 1. The van der Waals surface area contributed by atoms with Gasteiger partial charge >= 0.3 is 0 Å². The molecule has 4 rings (SSSR count). The Morgan fingerprint density at radius 1 is 0.950 bits per heavy atom. The summed E-state index contributed by atoms with van der Waals surface area (Å²) in [6.45, 7) is 1.42. The molecule has 10 heteroatoms. The summed E-state index contributed by atoms with van der Waals surface area (Å²) in [5, 5.41) is 3.12. The minimum atomic E-state index is -4.07. The highest BCUT2D eigenvalue weighted by Gasteiger charge is 2.33. The molecule has 1 fully saturated rings. The average molecular weight is 738 g/mol. The van der Waals surface area contributed by atoms with E-state index in [4.69, 9.17) is 0 Å². The fraction of sp³-hybridized carbons (Fsp3) is 0.333. The van der Waals surface area contributed by atoms with Gasteiger partial charge in [-0.1, -0.05) is 65.5 Å². The molecule has 1 saturated carbocycles. The molecule has 0 aromatic heterocycles. The van der Waals surface area contributed by atoms with E-state index < -0.39 is 28.5 Å². The number of sulfonamides is 1. The number of hydrogen-bond donors (Lipinski definition) is 1. The predicted octanol–water partition coefficient (Wildman–Crippen LogP) is 6.12. The van der Waals surface area contributed by atoms with Crippen LogP contribution in [0.3, 0.4) is 0 Å². The van der Waals surface area contributed by atoms with Crippen molar-refractivity contribution in [1.29, 1.82) is 0 Å². The molecule has 1 atom stereocenters. The second-order valence-electron chi connectivity index (χ2n) is 9.97. The van der Waals surface area contributed by atoms with Gasteiger partial charge in [0.1, 0.15) is 12.6 Å². The average Bonchev–Trinajstić information content (AvgIpc) is 2.96. The lowest BCUT2D eigenvalue weighted by atomic mass is 9.95. The van der Waals surface area contributed by atoms with Gasteiger partial charge in [0.2, 0.25) is 11.8 Å². The summed E-state index contributed by atoms with van der Waals surface area (Å²) in [5.41, 5.74) is 1.21. The molecule has 0 heterocycles. The Labute approximate surface area is 258 Å². The highest BCUT2D eigenvalue weighted by molar-refractivity contribution is 14.1. The number of nitrogens with zero attached hydrogens (tertiary/aromatic N) is 2. The van der Waals surface area contributed by atoms with E-state index in [2.05, 4.69) is 43.8 Å². The topological polar surface area (TPSA) is 86.8 Å². The van der Waals surface area contributed by atoms with Gasteiger partial charge in [0, 0.05) is 20.6 Å². The van der Waals surface area contributed by atoms with Gasteiger partial charge in [0.15, 0.2) is 0 Å². The first-order chi connectivity index (χ1) is 19.1. The lowest BCUT2D eigenvalue weighted by molar-refractivity contribution is -0.139. The molecular weight excluding hydrogens is 705 g/mol. The highest BCUT2D eigenvalue weighted by atomic mass is 127. The third-order valence-electron chi connectivity index (χ3n) is 7.11. The number of benzene rings is 3. The van der Waals surface area contributed by atoms with Crippen molar-refractivity contribution < 1.29 is 18.0 Å². The maximum atomic E-state index is 14.0. The Bertz CT molecular complexity index is 1400. The number of rotatable bonds is 10. The third kappa shape index (κ3) is 7.85. The van der Waals surface area contributed by atoms with Gasteiger partial charge in [-0.25, -0.2) is 8.42 Å². The van der Waals surface area contributed by atoms with Gasteiger partial charge in [0.25, 0.3) is 10.0 Å². The summed E-state index contributed by atoms with van der Waals surface area (Å²) in [4.78, 5) is 28.9. The van der Waals surface area contributed by atoms with Crippen molar-refractivity contribution in [2.24, 2.45) is 0 Å². The summed E-state index contributed by atoms with van der Waals surface area (Å²) in [7, 11) is -4.07. The van der Waals surface area contributed by atoms with E-state index in [1.54, 1.807) is 49.4 Å². The van der Waals surface area contributed by atoms with E-state index in [1.807, 2.05) is 24.3 Å². The Kier molecular flexibility index (Phi) is 10.6. The zero-order valence-electron chi connectivity index (χ0n) is 22.3. The zero-order valence-corrected chi connectivity index (χ0v) is 26.9. The second kappa shape index (κ2) is 14.0. The van der Waals surface area contributed by atoms with Crippen LogP contribution in [0.5, 0.6) is 0 Å². The largest absolute Gasteiger partial charge is 0.352 e. The van der Waals surface area contributed by atoms with E-state index in [0.717, 1.165) is 43.6 Å². The molecule has 2 amide bonds. The number of carbonyl (C=O) groups excluding carboxylic acids is 2. The molecule has 1 N–H and O–H groups in total. The van der Waals surface area contributed by atoms with Gasteiger partial charge in [-0.2, -0.15) is 0 Å². The Balaban J connectivity index is 1.65. The molecule has 0 unspecified atom stereocenters. The fourth-order valence-electron chi connectivity index (χ4n) is 4.79. The van der Waals surface area contributed by atoms with Gasteiger partial charge in [0.05, 0.1) is 10.6 Å². The number of anilines is 1.